The first kappa shape index (κ1) is 13.1. The van der Waals surface area contributed by atoms with Gasteiger partial charge in [0.1, 0.15) is 6.54 Å². The molecule has 1 heterocycles. The number of carbonyl (C=O) groups excluding carboxylic acids is 1. The summed E-state index contributed by atoms with van der Waals surface area (Å²) in [6.45, 7) is 0.216. The first-order valence-corrected chi connectivity index (χ1v) is 6.09. The molecule has 2 rings (SSSR count). The van der Waals surface area contributed by atoms with Crippen LogP contribution in [-0.4, -0.2) is 75.5 Å². The van der Waals surface area contributed by atoms with Gasteiger partial charge in [0.15, 0.2) is 0 Å². The fourth-order valence-corrected chi connectivity index (χ4v) is 2.11. The predicted octanol–water partition coefficient (Wildman–Crippen LogP) is -1.06. The Labute approximate surface area is 105 Å². The molecular formula is C11H18N2O5. The van der Waals surface area contributed by atoms with Crippen LogP contribution in [0.25, 0.3) is 0 Å². The molecule has 2 aliphatic rings. The fourth-order valence-electron chi connectivity index (χ4n) is 2.11. The van der Waals surface area contributed by atoms with Crippen LogP contribution in [-0.2, 0) is 4.79 Å². The SMILES string of the molecule is O=C(O)CN(CC1CC1)C(=O)N1CC(O)C(O)C1. The Kier molecular flexibility index (Phi) is 3.72. The topological polar surface area (TPSA) is 101 Å². The van der Waals surface area contributed by atoms with E-state index in [1.807, 2.05) is 0 Å². The number of aliphatic hydroxyl groups excluding tert-OH is 2. The number of amides is 2. The molecule has 7 heteroatoms. The zero-order chi connectivity index (χ0) is 13.3. The van der Waals surface area contributed by atoms with E-state index >= 15 is 0 Å². The van der Waals surface area contributed by atoms with Crippen molar-refractivity contribution in [1.82, 2.24) is 9.80 Å². The molecule has 0 aromatic carbocycles. The lowest BCUT2D eigenvalue weighted by atomic mass is 10.3. The standard InChI is InChI=1S/C11H18N2O5/c14-8-4-13(5-9(8)15)11(18)12(6-10(16)17)3-7-1-2-7/h7-9,14-15H,1-6H2,(H,16,17). The van der Waals surface area contributed by atoms with Crippen LogP contribution in [0.5, 0.6) is 0 Å². The Bertz CT molecular complexity index is 334. The van der Waals surface area contributed by atoms with E-state index in [1.54, 1.807) is 0 Å². The highest BCUT2D eigenvalue weighted by Crippen LogP contribution is 2.30. The number of aliphatic hydroxyl groups is 2. The Hall–Kier alpha value is -1.34. The number of rotatable bonds is 4. The molecule has 1 aliphatic carbocycles. The third-order valence-corrected chi connectivity index (χ3v) is 3.30. The third kappa shape index (κ3) is 3.11. The average molecular weight is 258 g/mol. The van der Waals surface area contributed by atoms with E-state index < -0.39 is 24.2 Å². The van der Waals surface area contributed by atoms with Gasteiger partial charge in [-0.1, -0.05) is 0 Å². The molecular weight excluding hydrogens is 240 g/mol. The van der Waals surface area contributed by atoms with Crippen molar-refractivity contribution in [3.63, 3.8) is 0 Å². The summed E-state index contributed by atoms with van der Waals surface area (Å²) in [6, 6.07) is -0.417. The van der Waals surface area contributed by atoms with Gasteiger partial charge in [0, 0.05) is 6.54 Å². The molecule has 2 unspecified atom stereocenters. The van der Waals surface area contributed by atoms with Crippen LogP contribution in [0.4, 0.5) is 4.79 Å². The molecule has 0 bridgehead atoms. The second-order valence-electron chi connectivity index (χ2n) is 5.04. The minimum Gasteiger partial charge on any atom is -0.480 e. The maximum Gasteiger partial charge on any atom is 0.323 e. The molecule has 2 fully saturated rings. The smallest absolute Gasteiger partial charge is 0.323 e. The van der Waals surface area contributed by atoms with Gasteiger partial charge in [-0.2, -0.15) is 0 Å². The normalized spacial score (nSPS) is 27.3. The van der Waals surface area contributed by atoms with Crippen LogP contribution in [0, 0.1) is 5.92 Å². The third-order valence-electron chi connectivity index (χ3n) is 3.30. The van der Waals surface area contributed by atoms with Crippen molar-refractivity contribution in [2.45, 2.75) is 25.0 Å². The largest absolute Gasteiger partial charge is 0.480 e. The van der Waals surface area contributed by atoms with E-state index in [1.165, 1.54) is 9.80 Å². The molecule has 7 nitrogen and oxygen atoms in total. The number of carboxylic acids is 1. The minimum atomic E-state index is -1.05. The van der Waals surface area contributed by atoms with Gasteiger partial charge in [0.05, 0.1) is 25.3 Å². The molecule has 0 aromatic heterocycles. The number of likely N-dealkylation sites (tertiary alicyclic amines) is 1. The molecule has 2 amide bonds. The van der Waals surface area contributed by atoms with Crippen LogP contribution in [0.2, 0.25) is 0 Å². The zero-order valence-corrected chi connectivity index (χ0v) is 10.0. The summed E-state index contributed by atoms with van der Waals surface area (Å²) < 4.78 is 0. The maximum atomic E-state index is 12.1. The Morgan fingerprint density at radius 3 is 2.17 bits per heavy atom. The highest BCUT2D eigenvalue weighted by molar-refractivity contribution is 5.80. The fraction of sp³-hybridized carbons (Fsp3) is 0.818. The lowest BCUT2D eigenvalue weighted by Gasteiger charge is -2.26. The highest BCUT2D eigenvalue weighted by atomic mass is 16.4. The molecule has 0 aromatic rings. The van der Waals surface area contributed by atoms with E-state index in [-0.39, 0.29) is 19.6 Å². The number of hydrogen-bond donors (Lipinski definition) is 3. The molecule has 1 saturated carbocycles. The minimum absolute atomic E-state index is 0.0563. The van der Waals surface area contributed by atoms with Crippen LogP contribution >= 0.6 is 0 Å². The summed E-state index contributed by atoms with van der Waals surface area (Å²) in [5.41, 5.74) is 0. The van der Waals surface area contributed by atoms with E-state index in [4.69, 9.17) is 5.11 Å². The summed E-state index contributed by atoms with van der Waals surface area (Å²) in [4.78, 5) is 25.4. The van der Waals surface area contributed by atoms with Crippen molar-refractivity contribution >= 4 is 12.0 Å². The highest BCUT2D eigenvalue weighted by Gasteiger charge is 2.36. The predicted molar refractivity (Wildman–Crippen MR) is 60.9 cm³/mol. The van der Waals surface area contributed by atoms with Crippen molar-refractivity contribution in [3.8, 4) is 0 Å². The van der Waals surface area contributed by atoms with Crippen molar-refractivity contribution in [1.29, 1.82) is 0 Å². The zero-order valence-electron chi connectivity index (χ0n) is 10.0. The van der Waals surface area contributed by atoms with Gasteiger partial charge in [0.2, 0.25) is 0 Å². The average Bonchev–Trinajstić information content (AvgIpc) is 3.03. The van der Waals surface area contributed by atoms with Gasteiger partial charge in [-0.3, -0.25) is 4.79 Å². The second-order valence-corrected chi connectivity index (χ2v) is 5.04. The molecule has 3 N–H and O–H groups in total. The lowest BCUT2D eigenvalue weighted by Crippen LogP contribution is -2.45. The van der Waals surface area contributed by atoms with Gasteiger partial charge < -0.3 is 25.1 Å². The van der Waals surface area contributed by atoms with Crippen molar-refractivity contribution in [2.75, 3.05) is 26.2 Å². The molecule has 1 aliphatic heterocycles. The quantitative estimate of drug-likeness (QED) is 0.596. The van der Waals surface area contributed by atoms with Crippen LogP contribution in [0.1, 0.15) is 12.8 Å². The van der Waals surface area contributed by atoms with Gasteiger partial charge in [-0.05, 0) is 18.8 Å². The number of carbonyl (C=O) groups is 2. The van der Waals surface area contributed by atoms with Crippen molar-refractivity contribution in [3.05, 3.63) is 0 Å². The molecule has 0 radical (unpaired) electrons. The number of nitrogens with zero attached hydrogens (tertiary/aromatic N) is 2. The van der Waals surface area contributed by atoms with E-state index in [9.17, 15) is 19.8 Å². The molecule has 18 heavy (non-hydrogen) atoms. The summed E-state index contributed by atoms with van der Waals surface area (Å²) in [6.07, 6.45) is 0.159. The molecule has 2 atom stereocenters. The summed E-state index contributed by atoms with van der Waals surface area (Å²) in [5.74, 6) is -0.657. The maximum absolute atomic E-state index is 12.1. The lowest BCUT2D eigenvalue weighted by molar-refractivity contribution is -0.137. The first-order chi connectivity index (χ1) is 8.47. The number of aliphatic carboxylic acids is 1. The Morgan fingerprint density at radius 2 is 1.72 bits per heavy atom. The van der Waals surface area contributed by atoms with E-state index in [0.29, 0.717) is 12.5 Å². The van der Waals surface area contributed by atoms with Gasteiger partial charge in [-0.15, -0.1) is 0 Å². The van der Waals surface area contributed by atoms with Gasteiger partial charge >= 0.3 is 12.0 Å². The van der Waals surface area contributed by atoms with Crippen LogP contribution in [0.3, 0.4) is 0 Å². The van der Waals surface area contributed by atoms with Crippen LogP contribution < -0.4 is 0 Å². The number of carboxylic acid groups (broad SMARTS) is 1. The van der Waals surface area contributed by atoms with Crippen molar-refractivity contribution < 1.29 is 24.9 Å². The summed E-state index contributed by atoms with van der Waals surface area (Å²) in [7, 11) is 0. The monoisotopic (exact) mass is 258 g/mol. The Balaban J connectivity index is 1.95. The van der Waals surface area contributed by atoms with Gasteiger partial charge in [-0.25, -0.2) is 4.79 Å². The first-order valence-electron chi connectivity index (χ1n) is 6.09. The summed E-state index contributed by atoms with van der Waals surface area (Å²) >= 11 is 0. The van der Waals surface area contributed by atoms with Gasteiger partial charge in [0.25, 0.3) is 0 Å². The molecule has 0 spiro atoms. The molecule has 1 saturated heterocycles. The van der Waals surface area contributed by atoms with Crippen molar-refractivity contribution in [2.24, 2.45) is 5.92 Å². The van der Waals surface area contributed by atoms with E-state index in [2.05, 4.69) is 0 Å². The summed E-state index contributed by atoms with van der Waals surface area (Å²) in [5, 5.41) is 27.6. The number of hydrogen-bond acceptors (Lipinski definition) is 4. The second kappa shape index (κ2) is 5.11. The van der Waals surface area contributed by atoms with E-state index in [0.717, 1.165) is 12.8 Å². The number of β-amino-alcohol motifs (C(OH)–C–C–N with tert-alkyl or cyclic N) is 2. The number of urea groups is 1. The molecule has 102 valence electrons. The van der Waals surface area contributed by atoms with Crippen LogP contribution in [0.15, 0.2) is 0 Å². The Morgan fingerprint density at radius 1 is 1.17 bits per heavy atom.